The number of nitrogens with zero attached hydrogens (tertiary/aromatic N) is 1. The molecule has 4 heteroatoms. The number of nitrogens with one attached hydrogen (secondary N) is 1. The van der Waals surface area contributed by atoms with E-state index < -0.39 is 0 Å². The SMILES string of the molecule is CCC(CC)(C(NC)c1sccc1Cl)N(C)C. The highest BCUT2D eigenvalue weighted by atomic mass is 35.5. The Morgan fingerprint density at radius 2 is 2.00 bits per heavy atom. The van der Waals surface area contributed by atoms with Crippen molar-refractivity contribution in [3.05, 3.63) is 21.3 Å². The van der Waals surface area contributed by atoms with Gasteiger partial charge < -0.3 is 10.2 Å². The molecule has 1 heterocycles. The zero-order chi connectivity index (χ0) is 13.1. The van der Waals surface area contributed by atoms with Gasteiger partial charge in [0.25, 0.3) is 0 Å². The zero-order valence-corrected chi connectivity index (χ0v) is 13.0. The van der Waals surface area contributed by atoms with E-state index in [1.54, 1.807) is 11.3 Å². The summed E-state index contributed by atoms with van der Waals surface area (Å²) in [6.45, 7) is 4.49. The minimum absolute atomic E-state index is 0.114. The van der Waals surface area contributed by atoms with Gasteiger partial charge in [0, 0.05) is 10.4 Å². The summed E-state index contributed by atoms with van der Waals surface area (Å²) in [4.78, 5) is 3.57. The number of likely N-dealkylation sites (N-methyl/N-ethyl adjacent to an activating group) is 2. The predicted molar refractivity (Wildman–Crippen MR) is 78.1 cm³/mol. The lowest BCUT2D eigenvalue weighted by Gasteiger charge is -2.45. The van der Waals surface area contributed by atoms with Gasteiger partial charge in [-0.1, -0.05) is 25.4 Å². The van der Waals surface area contributed by atoms with Crippen LogP contribution in [-0.2, 0) is 0 Å². The molecule has 0 radical (unpaired) electrons. The second-order valence-corrected chi connectivity index (χ2v) is 5.91. The Labute approximate surface area is 114 Å². The molecule has 1 N–H and O–H groups in total. The van der Waals surface area contributed by atoms with Gasteiger partial charge in [0.2, 0.25) is 0 Å². The Morgan fingerprint density at radius 1 is 1.41 bits per heavy atom. The highest BCUT2D eigenvalue weighted by Crippen LogP contribution is 2.40. The summed E-state index contributed by atoms with van der Waals surface area (Å²) < 4.78 is 0. The molecule has 0 bridgehead atoms. The van der Waals surface area contributed by atoms with Gasteiger partial charge in [0.15, 0.2) is 0 Å². The normalized spacial score (nSPS) is 14.3. The molecule has 0 aromatic carbocycles. The zero-order valence-electron chi connectivity index (χ0n) is 11.4. The van der Waals surface area contributed by atoms with Gasteiger partial charge in [-0.25, -0.2) is 0 Å². The van der Waals surface area contributed by atoms with Crippen molar-refractivity contribution in [2.24, 2.45) is 0 Å². The molecule has 0 saturated heterocycles. The standard InChI is InChI=1S/C13H23ClN2S/c1-6-13(7-2,16(4)5)12(15-3)11-10(14)8-9-17-11/h8-9,12,15H,6-7H2,1-5H3. The summed E-state index contributed by atoms with van der Waals surface area (Å²) in [5, 5.41) is 6.39. The van der Waals surface area contributed by atoms with E-state index in [0.717, 1.165) is 17.9 Å². The molecule has 0 aliphatic rings. The number of hydrogen-bond acceptors (Lipinski definition) is 3. The van der Waals surface area contributed by atoms with Crippen molar-refractivity contribution in [1.82, 2.24) is 10.2 Å². The molecular weight excluding hydrogens is 252 g/mol. The van der Waals surface area contributed by atoms with E-state index in [9.17, 15) is 0 Å². The van der Waals surface area contributed by atoms with E-state index >= 15 is 0 Å². The quantitative estimate of drug-likeness (QED) is 0.849. The third kappa shape index (κ3) is 2.68. The highest BCUT2D eigenvalue weighted by Gasteiger charge is 2.39. The molecule has 0 aliphatic carbocycles. The monoisotopic (exact) mass is 274 g/mol. The molecule has 1 atom stereocenters. The van der Waals surface area contributed by atoms with Crippen LogP contribution in [0, 0.1) is 0 Å². The van der Waals surface area contributed by atoms with Gasteiger partial charge in [0.1, 0.15) is 0 Å². The molecule has 1 unspecified atom stereocenters. The maximum absolute atomic E-state index is 6.29. The molecular formula is C13H23ClN2S. The van der Waals surface area contributed by atoms with Crippen LogP contribution in [0.15, 0.2) is 11.4 Å². The van der Waals surface area contributed by atoms with Crippen molar-refractivity contribution in [3.63, 3.8) is 0 Å². The maximum Gasteiger partial charge on any atom is 0.0614 e. The van der Waals surface area contributed by atoms with Crippen molar-refractivity contribution in [3.8, 4) is 0 Å². The second-order valence-electron chi connectivity index (χ2n) is 4.56. The summed E-state index contributed by atoms with van der Waals surface area (Å²) in [6.07, 6.45) is 2.19. The van der Waals surface area contributed by atoms with Crippen LogP contribution < -0.4 is 5.32 Å². The number of hydrogen-bond donors (Lipinski definition) is 1. The highest BCUT2D eigenvalue weighted by molar-refractivity contribution is 7.10. The molecule has 17 heavy (non-hydrogen) atoms. The van der Waals surface area contributed by atoms with Crippen molar-refractivity contribution in [2.75, 3.05) is 21.1 Å². The van der Waals surface area contributed by atoms with Crippen LogP contribution in [0.3, 0.4) is 0 Å². The average Bonchev–Trinajstić information content (AvgIpc) is 2.72. The van der Waals surface area contributed by atoms with Crippen molar-refractivity contribution in [1.29, 1.82) is 0 Å². The molecule has 1 rings (SSSR count). The first-order valence-electron chi connectivity index (χ1n) is 6.11. The van der Waals surface area contributed by atoms with Crippen LogP contribution in [0.25, 0.3) is 0 Å². The van der Waals surface area contributed by atoms with E-state index in [4.69, 9.17) is 11.6 Å². The van der Waals surface area contributed by atoms with E-state index in [0.29, 0.717) is 0 Å². The lowest BCUT2D eigenvalue weighted by atomic mass is 9.82. The summed E-state index contributed by atoms with van der Waals surface area (Å²) in [7, 11) is 6.32. The smallest absolute Gasteiger partial charge is 0.0614 e. The topological polar surface area (TPSA) is 15.3 Å². The molecule has 1 aromatic heterocycles. The Balaban J connectivity index is 3.19. The van der Waals surface area contributed by atoms with Crippen LogP contribution in [-0.4, -0.2) is 31.6 Å². The predicted octanol–water partition coefficient (Wildman–Crippen LogP) is 3.78. The third-order valence-electron chi connectivity index (χ3n) is 3.85. The van der Waals surface area contributed by atoms with E-state index in [-0.39, 0.29) is 11.6 Å². The Morgan fingerprint density at radius 3 is 2.29 bits per heavy atom. The Kier molecular flexibility index (Phi) is 5.45. The van der Waals surface area contributed by atoms with Crippen LogP contribution in [0.4, 0.5) is 0 Å². The Hall–Kier alpha value is -0.0900. The fraction of sp³-hybridized carbons (Fsp3) is 0.692. The molecule has 2 nitrogen and oxygen atoms in total. The molecule has 0 fully saturated rings. The lowest BCUT2D eigenvalue weighted by molar-refractivity contribution is 0.0933. The van der Waals surface area contributed by atoms with Gasteiger partial charge in [-0.3, -0.25) is 0 Å². The average molecular weight is 275 g/mol. The van der Waals surface area contributed by atoms with E-state index in [2.05, 4.69) is 43.5 Å². The number of thiophene rings is 1. The summed E-state index contributed by atoms with van der Waals surface area (Å²) in [5.74, 6) is 0. The van der Waals surface area contributed by atoms with Crippen molar-refractivity contribution in [2.45, 2.75) is 38.3 Å². The molecule has 0 aliphatic heterocycles. The molecule has 0 amide bonds. The van der Waals surface area contributed by atoms with E-state index in [1.165, 1.54) is 4.88 Å². The number of halogens is 1. The molecule has 0 saturated carbocycles. The molecule has 1 aromatic rings. The fourth-order valence-corrected chi connectivity index (χ4v) is 4.09. The van der Waals surface area contributed by atoms with Crippen LogP contribution in [0.2, 0.25) is 5.02 Å². The van der Waals surface area contributed by atoms with Gasteiger partial charge in [-0.05, 0) is 45.4 Å². The first-order chi connectivity index (χ1) is 8.03. The molecule has 98 valence electrons. The minimum Gasteiger partial charge on any atom is -0.311 e. The second kappa shape index (κ2) is 6.19. The van der Waals surface area contributed by atoms with Gasteiger partial charge >= 0.3 is 0 Å². The third-order valence-corrected chi connectivity index (χ3v) is 5.27. The van der Waals surface area contributed by atoms with Crippen molar-refractivity contribution >= 4 is 22.9 Å². The fourth-order valence-electron chi connectivity index (χ4n) is 2.70. The maximum atomic E-state index is 6.29. The van der Waals surface area contributed by atoms with Gasteiger partial charge in [0.05, 0.1) is 11.1 Å². The first kappa shape index (κ1) is 15.0. The van der Waals surface area contributed by atoms with E-state index in [1.807, 2.05) is 13.1 Å². The van der Waals surface area contributed by atoms with Crippen molar-refractivity contribution < 1.29 is 0 Å². The minimum atomic E-state index is 0.114. The number of rotatable bonds is 6. The van der Waals surface area contributed by atoms with Gasteiger partial charge in [-0.2, -0.15) is 0 Å². The lowest BCUT2D eigenvalue weighted by Crippen LogP contribution is -2.52. The summed E-state index contributed by atoms with van der Waals surface area (Å²) in [6, 6.07) is 2.26. The molecule has 0 spiro atoms. The Bertz CT molecular complexity index is 345. The van der Waals surface area contributed by atoms with Crippen LogP contribution in [0.5, 0.6) is 0 Å². The first-order valence-corrected chi connectivity index (χ1v) is 7.36. The van der Waals surface area contributed by atoms with Crippen LogP contribution in [0.1, 0.15) is 37.6 Å². The van der Waals surface area contributed by atoms with Gasteiger partial charge in [-0.15, -0.1) is 11.3 Å². The summed E-state index contributed by atoms with van der Waals surface area (Å²) in [5.41, 5.74) is 0.114. The largest absolute Gasteiger partial charge is 0.311 e. The summed E-state index contributed by atoms with van der Waals surface area (Å²) >= 11 is 8.03. The van der Waals surface area contributed by atoms with Crippen LogP contribution >= 0.6 is 22.9 Å².